The fraction of sp³-hybridized carbons (Fsp3) is 0. The van der Waals surface area contributed by atoms with Crippen molar-refractivity contribution in [2.45, 2.75) is 0 Å². The molecule has 2 N–H and O–H groups in total. The van der Waals surface area contributed by atoms with Gasteiger partial charge in [0.25, 0.3) is 0 Å². The van der Waals surface area contributed by atoms with E-state index in [0.29, 0.717) is 0 Å². The molecule has 0 spiro atoms. The van der Waals surface area contributed by atoms with Gasteiger partial charge < -0.3 is 5.73 Å². The number of nitrogens with zero attached hydrogens (tertiary/aromatic N) is 2. The summed E-state index contributed by atoms with van der Waals surface area (Å²) >= 11 is 0. The number of amidine groups is 1. The standard InChI is InChI=1S/C8H7N3/c9-6-11-8(10)7-4-2-1-3-5-7/h1-5H,(H2,10,11)/i1D,2D,3D,4D,5D. The Balaban J connectivity index is 3.66. The van der Waals surface area contributed by atoms with Crippen LogP contribution in [0, 0.1) is 11.5 Å². The van der Waals surface area contributed by atoms with Gasteiger partial charge in [-0.05, 0) is 0 Å². The first kappa shape index (κ1) is 3.05. The Labute approximate surface area is 71.8 Å². The first-order chi connectivity index (χ1) is 7.41. The normalized spacial score (nSPS) is 17.0. The minimum Gasteiger partial charge on any atom is -0.383 e. The molecule has 0 heterocycles. The van der Waals surface area contributed by atoms with Crippen LogP contribution in [0.25, 0.3) is 0 Å². The topological polar surface area (TPSA) is 62.2 Å². The minimum atomic E-state index is -0.511. The number of nitriles is 1. The summed E-state index contributed by atoms with van der Waals surface area (Å²) in [6.45, 7) is 0. The third-order valence-corrected chi connectivity index (χ3v) is 0.927. The number of hydrogen-bond acceptors (Lipinski definition) is 2. The third kappa shape index (κ3) is 1.80. The summed E-state index contributed by atoms with van der Waals surface area (Å²) in [7, 11) is 0. The average molecular weight is 150 g/mol. The van der Waals surface area contributed by atoms with E-state index in [9.17, 15) is 0 Å². The van der Waals surface area contributed by atoms with Crippen LogP contribution in [0.3, 0.4) is 0 Å². The van der Waals surface area contributed by atoms with Crippen molar-refractivity contribution in [1.29, 1.82) is 5.26 Å². The van der Waals surface area contributed by atoms with Crippen LogP contribution in [-0.2, 0) is 0 Å². The van der Waals surface area contributed by atoms with Gasteiger partial charge in [-0.2, -0.15) is 10.3 Å². The lowest BCUT2D eigenvalue weighted by Gasteiger charge is -1.94. The predicted octanol–water partition coefficient (Wildman–Crippen LogP) is 0.873. The van der Waals surface area contributed by atoms with Crippen molar-refractivity contribution in [1.82, 2.24) is 0 Å². The molecule has 0 radical (unpaired) electrons. The quantitative estimate of drug-likeness (QED) is 0.367. The third-order valence-electron chi connectivity index (χ3n) is 0.927. The summed E-state index contributed by atoms with van der Waals surface area (Å²) in [6, 6.07) is -2.47. The van der Waals surface area contributed by atoms with Crippen LogP contribution in [0.15, 0.2) is 35.2 Å². The number of hydrogen-bond donors (Lipinski definition) is 1. The molecule has 3 heteroatoms. The average Bonchev–Trinajstić information content (AvgIpc) is 2.24. The van der Waals surface area contributed by atoms with E-state index in [1.807, 2.05) is 0 Å². The van der Waals surface area contributed by atoms with Gasteiger partial charge in [0.05, 0.1) is 6.85 Å². The van der Waals surface area contributed by atoms with Crippen LogP contribution >= 0.6 is 0 Å². The highest BCUT2D eigenvalue weighted by molar-refractivity contribution is 5.97. The highest BCUT2D eigenvalue weighted by Gasteiger charge is 1.93. The van der Waals surface area contributed by atoms with Gasteiger partial charge in [0.15, 0.2) is 0 Å². The Morgan fingerprint density at radius 2 is 2.18 bits per heavy atom. The number of aliphatic imine (C=N–C) groups is 1. The van der Waals surface area contributed by atoms with E-state index >= 15 is 0 Å². The van der Waals surface area contributed by atoms with Gasteiger partial charge in [-0.1, -0.05) is 30.2 Å². The molecular weight excluding hydrogens is 138 g/mol. The number of nitrogens with two attached hydrogens (primary N) is 1. The second-order valence-electron chi connectivity index (χ2n) is 1.60. The molecule has 0 saturated heterocycles. The van der Waals surface area contributed by atoms with E-state index < -0.39 is 30.2 Å². The van der Waals surface area contributed by atoms with Gasteiger partial charge in [0.1, 0.15) is 5.84 Å². The van der Waals surface area contributed by atoms with Crippen LogP contribution in [0.2, 0.25) is 0 Å². The van der Waals surface area contributed by atoms with Crippen molar-refractivity contribution in [2.75, 3.05) is 0 Å². The molecule has 1 rings (SSSR count). The highest BCUT2D eigenvalue weighted by atomic mass is 14.8. The molecule has 0 unspecified atom stereocenters. The summed E-state index contributed by atoms with van der Waals surface area (Å²) in [5.74, 6) is -0.389. The minimum absolute atomic E-state index is 0.257. The van der Waals surface area contributed by atoms with Gasteiger partial charge in [-0.15, -0.1) is 0 Å². The van der Waals surface area contributed by atoms with Crippen molar-refractivity contribution in [3.05, 3.63) is 35.8 Å². The fourth-order valence-electron chi connectivity index (χ4n) is 0.488. The Morgan fingerprint density at radius 1 is 1.55 bits per heavy atom. The van der Waals surface area contributed by atoms with Crippen LogP contribution in [-0.4, -0.2) is 5.84 Å². The van der Waals surface area contributed by atoms with Gasteiger partial charge in [0, 0.05) is 5.56 Å². The summed E-state index contributed by atoms with van der Waals surface area (Å²) in [4.78, 5) is 3.16. The van der Waals surface area contributed by atoms with E-state index in [0.717, 1.165) is 0 Å². The largest absolute Gasteiger partial charge is 0.383 e. The molecule has 1 aromatic rings. The first-order valence-corrected chi connectivity index (χ1v) is 2.71. The first-order valence-electron chi connectivity index (χ1n) is 5.21. The van der Waals surface area contributed by atoms with E-state index in [1.165, 1.54) is 6.19 Å². The molecule has 0 saturated carbocycles. The molecular formula is C8H7N3. The van der Waals surface area contributed by atoms with Crippen LogP contribution < -0.4 is 5.73 Å². The molecule has 54 valence electrons. The van der Waals surface area contributed by atoms with E-state index in [1.54, 1.807) is 0 Å². The Hall–Kier alpha value is -1.82. The molecule has 1 aromatic carbocycles. The van der Waals surface area contributed by atoms with Gasteiger partial charge in [-0.3, -0.25) is 0 Å². The van der Waals surface area contributed by atoms with Crippen LogP contribution in [0.5, 0.6) is 0 Å². The lowest BCUT2D eigenvalue weighted by molar-refractivity contribution is 1.41. The maximum absolute atomic E-state index is 8.30. The maximum Gasteiger partial charge on any atom is 0.207 e. The van der Waals surface area contributed by atoms with Crippen molar-refractivity contribution in [3.63, 3.8) is 0 Å². The van der Waals surface area contributed by atoms with E-state index in [-0.39, 0.29) is 11.4 Å². The van der Waals surface area contributed by atoms with E-state index in [4.69, 9.17) is 17.8 Å². The second kappa shape index (κ2) is 3.37. The summed E-state index contributed by atoms with van der Waals surface area (Å²) in [5.41, 5.74) is 5.10. The number of benzene rings is 1. The zero-order valence-corrected chi connectivity index (χ0v) is 5.47. The van der Waals surface area contributed by atoms with E-state index in [2.05, 4.69) is 4.99 Å². The smallest absolute Gasteiger partial charge is 0.207 e. The summed E-state index contributed by atoms with van der Waals surface area (Å²) < 4.78 is 37.1. The van der Waals surface area contributed by atoms with Gasteiger partial charge in [-0.25, -0.2) is 0 Å². The lowest BCUT2D eigenvalue weighted by atomic mass is 10.2. The van der Waals surface area contributed by atoms with Crippen LogP contribution in [0.1, 0.15) is 12.4 Å². The Morgan fingerprint density at radius 3 is 2.73 bits per heavy atom. The van der Waals surface area contributed by atoms with Gasteiger partial charge in [0.2, 0.25) is 6.19 Å². The maximum atomic E-state index is 8.30. The molecule has 0 aliphatic carbocycles. The Kier molecular flexibility index (Phi) is 0.937. The van der Waals surface area contributed by atoms with Crippen molar-refractivity contribution >= 4 is 5.84 Å². The molecule has 0 aliphatic rings. The molecule has 0 aromatic heterocycles. The predicted molar refractivity (Wildman–Crippen MR) is 42.8 cm³/mol. The zero-order valence-electron chi connectivity index (χ0n) is 10.5. The molecule has 0 aliphatic heterocycles. The molecule has 0 amide bonds. The fourth-order valence-corrected chi connectivity index (χ4v) is 0.488. The van der Waals surface area contributed by atoms with Crippen molar-refractivity contribution in [2.24, 2.45) is 10.7 Å². The van der Waals surface area contributed by atoms with Crippen molar-refractivity contribution < 1.29 is 6.85 Å². The zero-order chi connectivity index (χ0) is 12.5. The summed E-state index contributed by atoms with van der Waals surface area (Å²) in [6.07, 6.45) is 1.40. The number of rotatable bonds is 1. The molecule has 0 atom stereocenters. The monoisotopic (exact) mass is 150 g/mol. The lowest BCUT2D eigenvalue weighted by Crippen LogP contribution is -2.12. The molecule has 0 fully saturated rings. The van der Waals surface area contributed by atoms with Crippen molar-refractivity contribution in [3.8, 4) is 6.19 Å². The molecule has 0 bridgehead atoms. The second-order valence-corrected chi connectivity index (χ2v) is 1.60. The van der Waals surface area contributed by atoms with Gasteiger partial charge >= 0.3 is 0 Å². The summed E-state index contributed by atoms with van der Waals surface area (Å²) in [5, 5.41) is 8.30. The highest BCUT2D eigenvalue weighted by Crippen LogP contribution is 1.96. The van der Waals surface area contributed by atoms with Crippen LogP contribution in [0.4, 0.5) is 0 Å². The molecule has 3 nitrogen and oxygen atoms in total. The SMILES string of the molecule is [2H]c1c([2H])c([2H])c(C(N)=NC#N)c([2H])c1[2H]. The Bertz CT molecular complexity index is 488. The molecule has 11 heavy (non-hydrogen) atoms.